The van der Waals surface area contributed by atoms with E-state index in [1.165, 1.54) is 12.5 Å². The van der Waals surface area contributed by atoms with Gasteiger partial charge in [0.1, 0.15) is 18.1 Å². The van der Waals surface area contributed by atoms with Gasteiger partial charge in [-0.25, -0.2) is 9.97 Å². The van der Waals surface area contributed by atoms with Gasteiger partial charge in [0, 0.05) is 11.8 Å². The molecule has 2 rings (SSSR count). The van der Waals surface area contributed by atoms with E-state index in [-0.39, 0.29) is 0 Å². The molecule has 0 saturated carbocycles. The van der Waals surface area contributed by atoms with Gasteiger partial charge in [0.2, 0.25) is 0 Å². The van der Waals surface area contributed by atoms with Crippen molar-refractivity contribution in [3.8, 4) is 23.1 Å². The summed E-state index contributed by atoms with van der Waals surface area (Å²) in [5.74, 6) is 0.774. The predicted molar refractivity (Wildman–Crippen MR) is 58.7 cm³/mol. The molecule has 0 saturated heterocycles. The molecule has 0 fully saturated rings. The van der Waals surface area contributed by atoms with Crippen LogP contribution in [0.1, 0.15) is 5.56 Å². The van der Waals surface area contributed by atoms with E-state index in [0.717, 1.165) is 11.3 Å². The molecule has 4 nitrogen and oxygen atoms in total. The first-order valence-corrected chi connectivity index (χ1v) is 4.69. The SMILES string of the molecule is COc1ccc(-c2ncncc2C#N)cc1. The number of ether oxygens (including phenoxy) is 1. The molecule has 1 heterocycles. The number of hydrogen-bond acceptors (Lipinski definition) is 4. The van der Waals surface area contributed by atoms with Crippen LogP contribution in [-0.4, -0.2) is 17.1 Å². The number of nitriles is 1. The van der Waals surface area contributed by atoms with Crippen LogP contribution in [-0.2, 0) is 0 Å². The minimum absolute atomic E-state index is 0.465. The topological polar surface area (TPSA) is 58.8 Å². The van der Waals surface area contributed by atoms with Gasteiger partial charge in [-0.05, 0) is 24.3 Å². The van der Waals surface area contributed by atoms with Gasteiger partial charge in [-0.15, -0.1) is 0 Å². The first-order valence-electron chi connectivity index (χ1n) is 4.69. The maximum absolute atomic E-state index is 8.93. The van der Waals surface area contributed by atoms with E-state index < -0.39 is 0 Å². The van der Waals surface area contributed by atoms with E-state index in [9.17, 15) is 0 Å². The molecule has 0 bridgehead atoms. The molecule has 78 valence electrons. The second kappa shape index (κ2) is 4.41. The summed E-state index contributed by atoms with van der Waals surface area (Å²) in [6, 6.07) is 9.46. The Kier molecular flexibility index (Phi) is 2.79. The lowest BCUT2D eigenvalue weighted by Gasteiger charge is -2.03. The Morgan fingerprint density at radius 2 is 2.00 bits per heavy atom. The van der Waals surface area contributed by atoms with Crippen LogP contribution in [0, 0.1) is 11.3 Å². The summed E-state index contributed by atoms with van der Waals surface area (Å²) in [7, 11) is 1.61. The van der Waals surface area contributed by atoms with Gasteiger partial charge in [0.15, 0.2) is 0 Å². The van der Waals surface area contributed by atoms with E-state index in [1.54, 1.807) is 7.11 Å². The monoisotopic (exact) mass is 211 g/mol. The highest BCUT2D eigenvalue weighted by Gasteiger charge is 2.05. The van der Waals surface area contributed by atoms with Crippen LogP contribution in [0.3, 0.4) is 0 Å². The second-order valence-corrected chi connectivity index (χ2v) is 3.13. The van der Waals surface area contributed by atoms with E-state index in [1.807, 2.05) is 24.3 Å². The summed E-state index contributed by atoms with van der Waals surface area (Å²) in [6.45, 7) is 0. The highest BCUT2D eigenvalue weighted by molar-refractivity contribution is 5.66. The third-order valence-electron chi connectivity index (χ3n) is 2.20. The Hall–Kier alpha value is -2.41. The van der Waals surface area contributed by atoms with Crippen LogP contribution in [0.5, 0.6) is 5.75 Å². The molecule has 0 aliphatic rings. The quantitative estimate of drug-likeness (QED) is 0.762. The number of aromatic nitrogens is 2. The minimum Gasteiger partial charge on any atom is -0.497 e. The van der Waals surface area contributed by atoms with Crippen molar-refractivity contribution >= 4 is 0 Å². The van der Waals surface area contributed by atoms with Gasteiger partial charge >= 0.3 is 0 Å². The summed E-state index contributed by atoms with van der Waals surface area (Å²) in [5.41, 5.74) is 1.98. The molecule has 0 N–H and O–H groups in total. The Morgan fingerprint density at radius 3 is 2.62 bits per heavy atom. The molecular formula is C12H9N3O. The van der Waals surface area contributed by atoms with Crippen molar-refractivity contribution in [1.82, 2.24) is 9.97 Å². The normalized spacial score (nSPS) is 9.50. The summed E-state index contributed by atoms with van der Waals surface area (Å²) in [6.07, 6.45) is 2.94. The molecule has 0 atom stereocenters. The van der Waals surface area contributed by atoms with Gasteiger partial charge in [-0.1, -0.05) is 0 Å². The van der Waals surface area contributed by atoms with E-state index >= 15 is 0 Å². The van der Waals surface area contributed by atoms with Crippen molar-refractivity contribution in [1.29, 1.82) is 5.26 Å². The summed E-state index contributed by atoms with van der Waals surface area (Å²) >= 11 is 0. The summed E-state index contributed by atoms with van der Waals surface area (Å²) < 4.78 is 5.06. The number of rotatable bonds is 2. The molecule has 1 aromatic heterocycles. The molecule has 0 spiro atoms. The largest absolute Gasteiger partial charge is 0.497 e. The fourth-order valence-electron chi connectivity index (χ4n) is 1.39. The molecule has 0 aliphatic heterocycles. The summed E-state index contributed by atoms with van der Waals surface area (Å²) in [5, 5.41) is 8.93. The fourth-order valence-corrected chi connectivity index (χ4v) is 1.39. The van der Waals surface area contributed by atoms with Crippen LogP contribution < -0.4 is 4.74 Å². The van der Waals surface area contributed by atoms with Gasteiger partial charge < -0.3 is 4.74 Å². The maximum Gasteiger partial charge on any atom is 0.118 e. The van der Waals surface area contributed by atoms with Crippen molar-refractivity contribution in [2.45, 2.75) is 0 Å². The first-order chi connectivity index (χ1) is 7.85. The van der Waals surface area contributed by atoms with E-state index in [2.05, 4.69) is 16.0 Å². The zero-order chi connectivity index (χ0) is 11.4. The van der Waals surface area contributed by atoms with Crippen LogP contribution in [0.4, 0.5) is 0 Å². The predicted octanol–water partition coefficient (Wildman–Crippen LogP) is 2.02. The Morgan fingerprint density at radius 1 is 1.25 bits per heavy atom. The average Bonchev–Trinajstić information content (AvgIpc) is 2.39. The highest BCUT2D eigenvalue weighted by atomic mass is 16.5. The summed E-state index contributed by atoms with van der Waals surface area (Å²) in [4.78, 5) is 7.92. The molecule has 0 radical (unpaired) electrons. The number of hydrogen-bond donors (Lipinski definition) is 0. The van der Waals surface area contributed by atoms with Crippen molar-refractivity contribution < 1.29 is 4.74 Å². The number of methoxy groups -OCH3 is 1. The molecule has 2 aromatic rings. The first kappa shape index (κ1) is 10.1. The molecule has 0 amide bonds. The van der Waals surface area contributed by atoms with Crippen LogP contribution in [0.25, 0.3) is 11.3 Å². The molecular weight excluding hydrogens is 202 g/mol. The lowest BCUT2D eigenvalue weighted by Crippen LogP contribution is -1.90. The zero-order valence-corrected chi connectivity index (χ0v) is 8.71. The smallest absolute Gasteiger partial charge is 0.118 e. The Bertz CT molecular complexity index is 529. The molecule has 1 aromatic carbocycles. The zero-order valence-electron chi connectivity index (χ0n) is 8.71. The standard InChI is InChI=1S/C12H9N3O/c1-16-11-4-2-9(3-5-11)12-10(6-13)7-14-8-15-12/h2-5,7-8H,1H3. The Balaban J connectivity index is 2.47. The van der Waals surface area contributed by atoms with Gasteiger partial charge in [-0.2, -0.15) is 5.26 Å². The number of nitrogens with zero attached hydrogens (tertiary/aromatic N) is 3. The Labute approximate surface area is 93.2 Å². The third-order valence-corrected chi connectivity index (χ3v) is 2.20. The van der Waals surface area contributed by atoms with Gasteiger partial charge in [-0.3, -0.25) is 0 Å². The van der Waals surface area contributed by atoms with Gasteiger partial charge in [0.25, 0.3) is 0 Å². The highest BCUT2D eigenvalue weighted by Crippen LogP contribution is 2.22. The second-order valence-electron chi connectivity index (χ2n) is 3.13. The van der Waals surface area contributed by atoms with Crippen molar-refractivity contribution in [2.75, 3.05) is 7.11 Å². The van der Waals surface area contributed by atoms with E-state index in [4.69, 9.17) is 10.00 Å². The fraction of sp³-hybridized carbons (Fsp3) is 0.0833. The maximum atomic E-state index is 8.93. The lowest BCUT2D eigenvalue weighted by molar-refractivity contribution is 0.415. The molecule has 0 unspecified atom stereocenters. The van der Waals surface area contributed by atoms with Gasteiger partial charge in [0.05, 0.1) is 18.4 Å². The van der Waals surface area contributed by atoms with Crippen LogP contribution in [0.15, 0.2) is 36.8 Å². The minimum atomic E-state index is 0.465. The molecule has 0 aliphatic carbocycles. The molecule has 4 heteroatoms. The number of benzene rings is 1. The lowest BCUT2D eigenvalue weighted by atomic mass is 10.1. The van der Waals surface area contributed by atoms with Crippen molar-refractivity contribution in [3.63, 3.8) is 0 Å². The van der Waals surface area contributed by atoms with Crippen molar-refractivity contribution in [2.24, 2.45) is 0 Å². The van der Waals surface area contributed by atoms with Crippen molar-refractivity contribution in [3.05, 3.63) is 42.4 Å². The third kappa shape index (κ3) is 1.84. The van der Waals surface area contributed by atoms with E-state index in [0.29, 0.717) is 11.3 Å². The van der Waals surface area contributed by atoms with Crippen LogP contribution in [0.2, 0.25) is 0 Å². The molecule has 16 heavy (non-hydrogen) atoms. The average molecular weight is 211 g/mol. The van der Waals surface area contributed by atoms with Crippen LogP contribution >= 0.6 is 0 Å².